The molecule has 2 amide bonds. The number of carbonyl (C=O) groups excluding carboxylic acids is 2. The second-order valence-electron chi connectivity index (χ2n) is 9.04. The number of hydrogen-bond acceptors (Lipinski definition) is 4. The Morgan fingerprint density at radius 3 is 2.20 bits per heavy atom. The third kappa shape index (κ3) is 7.44. The number of carboxylic acid groups (broad SMARTS) is 1. The molecule has 0 radical (unpaired) electrons. The van der Waals surface area contributed by atoms with Crippen molar-refractivity contribution < 1.29 is 24.2 Å². The summed E-state index contributed by atoms with van der Waals surface area (Å²) >= 11 is 0. The Balaban J connectivity index is 1.33. The van der Waals surface area contributed by atoms with Crippen LogP contribution >= 0.6 is 0 Å². The van der Waals surface area contributed by atoms with Gasteiger partial charge in [-0.25, -0.2) is 9.59 Å². The maximum atomic E-state index is 12.2. The highest BCUT2D eigenvalue weighted by Gasteiger charge is 2.28. The molecular formula is C28H34N2O5. The van der Waals surface area contributed by atoms with E-state index in [-0.39, 0.29) is 31.3 Å². The smallest absolute Gasteiger partial charge is 0.407 e. The van der Waals surface area contributed by atoms with Crippen molar-refractivity contribution in [3.8, 4) is 11.1 Å². The summed E-state index contributed by atoms with van der Waals surface area (Å²) in [7, 11) is 0. The standard InChI is InChI=1S/C28H34N2O5/c1-19(2)15-16-25(27(32)33)30-26(31)14-4-3-9-17-29-28(34)35-18-24-22-12-7-5-10-20(22)21-11-6-8-13-23(21)24/h5-8,10-13,15,24-25H,3-4,9,14,16-18H2,1-2H3,(H,29,34)(H,30,31)(H,32,33). The van der Waals surface area contributed by atoms with Gasteiger partial charge in [0, 0.05) is 18.9 Å². The Hall–Kier alpha value is -3.61. The van der Waals surface area contributed by atoms with E-state index in [4.69, 9.17) is 4.74 Å². The Labute approximate surface area is 206 Å². The van der Waals surface area contributed by atoms with Gasteiger partial charge in [0.1, 0.15) is 12.6 Å². The largest absolute Gasteiger partial charge is 0.480 e. The number of amides is 2. The lowest BCUT2D eigenvalue weighted by atomic mass is 9.98. The van der Waals surface area contributed by atoms with E-state index in [9.17, 15) is 19.5 Å². The molecule has 0 spiro atoms. The van der Waals surface area contributed by atoms with Gasteiger partial charge in [-0.15, -0.1) is 0 Å². The number of alkyl carbamates (subject to hydrolysis) is 1. The minimum atomic E-state index is -1.04. The first kappa shape index (κ1) is 26.0. The predicted octanol–water partition coefficient (Wildman–Crippen LogP) is 5.01. The van der Waals surface area contributed by atoms with Crippen molar-refractivity contribution in [2.45, 2.75) is 57.9 Å². The molecular weight excluding hydrogens is 444 g/mol. The minimum Gasteiger partial charge on any atom is -0.480 e. The van der Waals surface area contributed by atoms with Gasteiger partial charge in [-0.2, -0.15) is 0 Å². The molecule has 3 N–H and O–H groups in total. The SMILES string of the molecule is CC(C)=CCC(NC(=O)CCCCCNC(=O)OCC1c2ccccc2-c2ccccc21)C(=O)O. The molecule has 1 aliphatic carbocycles. The van der Waals surface area contributed by atoms with Gasteiger partial charge in [0.05, 0.1) is 0 Å². The van der Waals surface area contributed by atoms with Crippen molar-refractivity contribution in [1.29, 1.82) is 0 Å². The minimum absolute atomic E-state index is 0.0259. The van der Waals surface area contributed by atoms with Crippen LogP contribution in [0.25, 0.3) is 11.1 Å². The lowest BCUT2D eigenvalue weighted by Crippen LogP contribution is -2.40. The molecule has 0 heterocycles. The molecule has 2 aromatic rings. The second-order valence-corrected chi connectivity index (χ2v) is 9.04. The number of hydrogen-bond donors (Lipinski definition) is 3. The lowest BCUT2D eigenvalue weighted by molar-refractivity contribution is -0.141. The summed E-state index contributed by atoms with van der Waals surface area (Å²) in [5.41, 5.74) is 5.73. The third-order valence-electron chi connectivity index (χ3n) is 6.09. The average molecular weight is 479 g/mol. The molecule has 0 fully saturated rings. The number of aliphatic carboxylic acids is 1. The van der Waals surface area contributed by atoms with Gasteiger partial charge in [-0.1, -0.05) is 66.6 Å². The maximum Gasteiger partial charge on any atom is 0.407 e. The zero-order valence-electron chi connectivity index (χ0n) is 20.4. The lowest BCUT2D eigenvalue weighted by Gasteiger charge is -2.14. The second kappa shape index (κ2) is 12.7. The van der Waals surface area contributed by atoms with E-state index in [0.717, 1.165) is 12.0 Å². The van der Waals surface area contributed by atoms with Crippen LogP contribution in [0.4, 0.5) is 4.79 Å². The van der Waals surface area contributed by atoms with Gasteiger partial charge in [-0.3, -0.25) is 4.79 Å². The molecule has 0 aromatic heterocycles. The van der Waals surface area contributed by atoms with Crippen LogP contribution in [0.1, 0.15) is 63.0 Å². The van der Waals surface area contributed by atoms with E-state index < -0.39 is 18.1 Å². The van der Waals surface area contributed by atoms with Crippen molar-refractivity contribution >= 4 is 18.0 Å². The zero-order valence-corrected chi connectivity index (χ0v) is 20.4. The van der Waals surface area contributed by atoms with Gasteiger partial charge >= 0.3 is 12.1 Å². The predicted molar refractivity (Wildman–Crippen MR) is 135 cm³/mol. The van der Waals surface area contributed by atoms with Crippen LogP contribution in [0.2, 0.25) is 0 Å². The van der Waals surface area contributed by atoms with Crippen LogP contribution in [-0.4, -0.2) is 42.3 Å². The molecule has 7 nitrogen and oxygen atoms in total. The number of allylic oxidation sites excluding steroid dienone is 1. The van der Waals surface area contributed by atoms with Gasteiger partial charge in [0.2, 0.25) is 5.91 Å². The summed E-state index contributed by atoms with van der Waals surface area (Å²) in [6, 6.07) is 15.5. The monoisotopic (exact) mass is 478 g/mol. The summed E-state index contributed by atoms with van der Waals surface area (Å²) in [5.74, 6) is -1.29. The first-order chi connectivity index (χ1) is 16.9. The summed E-state index contributed by atoms with van der Waals surface area (Å²) in [5, 5.41) is 14.6. The quantitative estimate of drug-likeness (QED) is 0.294. The van der Waals surface area contributed by atoms with Crippen LogP contribution < -0.4 is 10.6 Å². The van der Waals surface area contributed by atoms with E-state index in [1.807, 2.05) is 38.1 Å². The molecule has 0 saturated heterocycles. The molecule has 0 saturated carbocycles. The van der Waals surface area contributed by atoms with E-state index >= 15 is 0 Å². The van der Waals surface area contributed by atoms with Crippen LogP contribution in [0, 0.1) is 0 Å². The van der Waals surface area contributed by atoms with Crippen LogP contribution in [-0.2, 0) is 14.3 Å². The Bertz CT molecular complexity index is 1030. The summed E-state index contributed by atoms with van der Waals surface area (Å²) in [4.78, 5) is 35.5. The fraction of sp³-hybridized carbons (Fsp3) is 0.393. The van der Waals surface area contributed by atoms with E-state index in [1.165, 1.54) is 22.3 Å². The van der Waals surface area contributed by atoms with Gasteiger partial charge in [-0.05, 0) is 55.4 Å². The maximum absolute atomic E-state index is 12.2. The normalized spacial score (nSPS) is 12.7. The Morgan fingerprint density at radius 1 is 0.971 bits per heavy atom. The summed E-state index contributed by atoms with van der Waals surface area (Å²) < 4.78 is 5.52. The highest BCUT2D eigenvalue weighted by molar-refractivity contribution is 5.83. The molecule has 186 valence electrons. The number of benzene rings is 2. The molecule has 3 rings (SSSR count). The van der Waals surface area contributed by atoms with Crippen LogP contribution in [0.3, 0.4) is 0 Å². The van der Waals surface area contributed by atoms with Crippen molar-refractivity contribution in [2.75, 3.05) is 13.2 Å². The van der Waals surface area contributed by atoms with Gasteiger partial charge in [0.15, 0.2) is 0 Å². The summed E-state index contributed by atoms with van der Waals surface area (Å²) in [6.45, 7) is 4.50. The first-order valence-corrected chi connectivity index (χ1v) is 12.1. The topological polar surface area (TPSA) is 105 Å². The third-order valence-corrected chi connectivity index (χ3v) is 6.09. The summed E-state index contributed by atoms with van der Waals surface area (Å²) in [6.07, 6.45) is 3.94. The number of fused-ring (bicyclic) bond motifs is 3. The molecule has 1 unspecified atom stereocenters. The number of carbonyl (C=O) groups is 3. The van der Waals surface area contributed by atoms with E-state index in [0.29, 0.717) is 19.4 Å². The van der Waals surface area contributed by atoms with Crippen LogP contribution in [0.5, 0.6) is 0 Å². The molecule has 35 heavy (non-hydrogen) atoms. The molecule has 1 aliphatic rings. The average Bonchev–Trinajstić information content (AvgIpc) is 3.16. The zero-order chi connectivity index (χ0) is 25.2. The number of rotatable bonds is 12. The van der Waals surface area contributed by atoms with Crippen molar-refractivity contribution in [2.24, 2.45) is 0 Å². The molecule has 2 aromatic carbocycles. The van der Waals surface area contributed by atoms with Crippen molar-refractivity contribution in [3.05, 3.63) is 71.3 Å². The van der Waals surface area contributed by atoms with Crippen LogP contribution in [0.15, 0.2) is 60.2 Å². The van der Waals surface area contributed by atoms with Gasteiger partial charge < -0.3 is 20.5 Å². The first-order valence-electron chi connectivity index (χ1n) is 12.1. The highest BCUT2D eigenvalue weighted by Crippen LogP contribution is 2.44. The highest BCUT2D eigenvalue weighted by atomic mass is 16.5. The molecule has 0 bridgehead atoms. The van der Waals surface area contributed by atoms with Crippen molar-refractivity contribution in [3.63, 3.8) is 0 Å². The van der Waals surface area contributed by atoms with E-state index in [2.05, 4.69) is 34.9 Å². The number of nitrogens with one attached hydrogen (secondary N) is 2. The van der Waals surface area contributed by atoms with Gasteiger partial charge in [0.25, 0.3) is 0 Å². The van der Waals surface area contributed by atoms with Crippen molar-refractivity contribution in [1.82, 2.24) is 10.6 Å². The fourth-order valence-corrected chi connectivity index (χ4v) is 4.27. The van der Waals surface area contributed by atoms with E-state index in [1.54, 1.807) is 6.08 Å². The molecule has 1 atom stereocenters. The fourth-order valence-electron chi connectivity index (χ4n) is 4.27. The molecule has 0 aliphatic heterocycles. The number of ether oxygens (including phenoxy) is 1. The molecule has 7 heteroatoms. The number of unbranched alkanes of at least 4 members (excludes halogenated alkanes) is 2. The number of carboxylic acids is 1. The Morgan fingerprint density at radius 2 is 1.60 bits per heavy atom. The Kier molecular flexibility index (Phi) is 9.47.